The molecular weight excluding hydrogens is 453 g/mol. The summed E-state index contributed by atoms with van der Waals surface area (Å²) < 4.78 is 2.32. The fraction of sp³-hybridized carbons (Fsp3) is 0.481. The van der Waals surface area contributed by atoms with Crippen molar-refractivity contribution in [2.45, 2.75) is 76.4 Å². The van der Waals surface area contributed by atoms with Crippen LogP contribution in [0.15, 0.2) is 48.5 Å². The Morgan fingerprint density at radius 2 is 1.69 bits per heavy atom. The van der Waals surface area contributed by atoms with Crippen LogP contribution in [0.5, 0.6) is 0 Å². The molecule has 0 saturated carbocycles. The number of fused-ring (bicyclic) bond motifs is 1. The van der Waals surface area contributed by atoms with Crippen molar-refractivity contribution in [1.29, 1.82) is 0 Å². The van der Waals surface area contributed by atoms with Crippen molar-refractivity contribution in [3.05, 3.63) is 69.8 Å². The standard InChI is InChI=1S/C27H37Cl2NOSi/c1-27(2,32(4,5)31)19-21(12-8-6-7-10-20-11-9-13-23(28)16-20)26-18-22-17-24(29)14-15-25(22)30(26)3/h9,11,13-18,21,31H,6-8,10,12,19H2,1-5H3. The highest BCUT2D eigenvalue weighted by molar-refractivity contribution is 6.72. The van der Waals surface area contributed by atoms with E-state index < -0.39 is 8.32 Å². The van der Waals surface area contributed by atoms with Gasteiger partial charge in [-0.2, -0.15) is 0 Å². The highest BCUT2D eigenvalue weighted by Gasteiger charge is 2.40. The monoisotopic (exact) mass is 489 g/mol. The second kappa shape index (κ2) is 10.3. The number of aryl methyl sites for hydroxylation is 2. The summed E-state index contributed by atoms with van der Waals surface area (Å²) in [6.45, 7) is 8.61. The lowest BCUT2D eigenvalue weighted by molar-refractivity contribution is 0.398. The molecular formula is C27H37Cl2NOSi. The summed E-state index contributed by atoms with van der Waals surface area (Å²) in [4.78, 5) is 10.9. The van der Waals surface area contributed by atoms with Gasteiger partial charge in [0.15, 0.2) is 8.32 Å². The van der Waals surface area contributed by atoms with Crippen LogP contribution in [0.25, 0.3) is 10.9 Å². The van der Waals surface area contributed by atoms with Gasteiger partial charge in [0, 0.05) is 33.7 Å². The van der Waals surface area contributed by atoms with Crippen LogP contribution in [0.4, 0.5) is 0 Å². The fourth-order valence-electron chi connectivity index (χ4n) is 4.54. The first-order valence-electron chi connectivity index (χ1n) is 11.7. The van der Waals surface area contributed by atoms with Gasteiger partial charge in [0.1, 0.15) is 0 Å². The Morgan fingerprint density at radius 1 is 0.969 bits per heavy atom. The topological polar surface area (TPSA) is 25.2 Å². The molecule has 0 saturated heterocycles. The molecule has 2 aromatic carbocycles. The van der Waals surface area contributed by atoms with E-state index in [0.29, 0.717) is 5.92 Å². The first kappa shape index (κ1) is 25.4. The van der Waals surface area contributed by atoms with Crippen LogP contribution in [-0.2, 0) is 13.5 Å². The van der Waals surface area contributed by atoms with Crippen molar-refractivity contribution in [3.8, 4) is 0 Å². The van der Waals surface area contributed by atoms with E-state index in [1.54, 1.807) is 0 Å². The smallest absolute Gasteiger partial charge is 0.188 e. The van der Waals surface area contributed by atoms with Crippen LogP contribution in [0.1, 0.15) is 63.1 Å². The lowest BCUT2D eigenvalue weighted by Crippen LogP contribution is -2.40. The first-order valence-corrected chi connectivity index (χ1v) is 15.4. The predicted octanol–water partition coefficient (Wildman–Crippen LogP) is 8.74. The molecule has 0 fully saturated rings. The zero-order chi connectivity index (χ0) is 23.5. The maximum atomic E-state index is 10.9. The van der Waals surface area contributed by atoms with Gasteiger partial charge in [0.25, 0.3) is 0 Å². The van der Waals surface area contributed by atoms with Gasteiger partial charge in [-0.25, -0.2) is 0 Å². The number of hydrogen-bond acceptors (Lipinski definition) is 1. The molecule has 3 aromatic rings. The third-order valence-corrected chi connectivity index (χ3v) is 11.3. The van der Waals surface area contributed by atoms with Gasteiger partial charge >= 0.3 is 0 Å². The molecule has 1 aromatic heterocycles. The molecule has 1 N–H and O–H groups in total. The number of benzene rings is 2. The largest absolute Gasteiger partial charge is 0.432 e. The number of unbranched alkanes of at least 4 members (excludes halogenated alkanes) is 2. The van der Waals surface area contributed by atoms with Crippen LogP contribution in [0.2, 0.25) is 28.2 Å². The Bertz CT molecular complexity index is 1050. The lowest BCUT2D eigenvalue weighted by atomic mass is 9.88. The van der Waals surface area contributed by atoms with Gasteiger partial charge in [0.2, 0.25) is 0 Å². The SMILES string of the molecule is Cn1c(C(CCCCCc2cccc(Cl)c2)CC(C)(C)[Si](C)(C)O)cc2cc(Cl)ccc21. The minimum Gasteiger partial charge on any atom is -0.432 e. The second-order valence-corrected chi connectivity index (χ2v) is 15.7. The predicted molar refractivity (Wildman–Crippen MR) is 143 cm³/mol. The number of hydrogen-bond donors (Lipinski definition) is 1. The number of aromatic nitrogens is 1. The quantitative estimate of drug-likeness (QED) is 0.223. The molecule has 0 aliphatic rings. The Balaban J connectivity index is 1.73. The molecule has 2 nitrogen and oxygen atoms in total. The van der Waals surface area contributed by atoms with Gasteiger partial charge in [0.05, 0.1) is 0 Å². The van der Waals surface area contributed by atoms with Crippen molar-refractivity contribution in [2.75, 3.05) is 0 Å². The second-order valence-electron chi connectivity index (χ2n) is 10.4. The third kappa shape index (κ3) is 6.20. The minimum absolute atomic E-state index is 0.0629. The van der Waals surface area contributed by atoms with Crippen LogP contribution in [-0.4, -0.2) is 17.7 Å². The molecule has 1 unspecified atom stereocenters. The molecule has 0 aliphatic heterocycles. The summed E-state index contributed by atoms with van der Waals surface area (Å²) in [6, 6.07) is 16.6. The summed E-state index contributed by atoms with van der Waals surface area (Å²) in [6.07, 6.45) is 6.73. The summed E-state index contributed by atoms with van der Waals surface area (Å²) in [7, 11) is -0.134. The van der Waals surface area contributed by atoms with Gasteiger partial charge in [-0.05, 0) is 91.7 Å². The van der Waals surface area contributed by atoms with Crippen molar-refractivity contribution >= 4 is 42.4 Å². The van der Waals surface area contributed by atoms with Crippen LogP contribution < -0.4 is 0 Å². The molecule has 0 spiro atoms. The molecule has 0 amide bonds. The van der Waals surface area contributed by atoms with Gasteiger partial charge in [-0.1, -0.05) is 62.0 Å². The molecule has 1 atom stereocenters. The maximum Gasteiger partial charge on any atom is 0.188 e. The van der Waals surface area contributed by atoms with Gasteiger partial charge in [-0.15, -0.1) is 0 Å². The molecule has 0 bridgehead atoms. The first-order chi connectivity index (χ1) is 15.0. The van der Waals surface area contributed by atoms with E-state index in [2.05, 4.69) is 68.9 Å². The Morgan fingerprint density at radius 3 is 2.38 bits per heavy atom. The van der Waals surface area contributed by atoms with Gasteiger partial charge < -0.3 is 9.36 Å². The van der Waals surface area contributed by atoms with Crippen LogP contribution in [0.3, 0.4) is 0 Å². The Kier molecular flexibility index (Phi) is 8.19. The van der Waals surface area contributed by atoms with Crippen molar-refractivity contribution in [3.63, 3.8) is 0 Å². The van der Waals surface area contributed by atoms with Crippen LogP contribution >= 0.6 is 23.2 Å². The maximum absolute atomic E-state index is 10.9. The van der Waals surface area contributed by atoms with E-state index in [1.165, 1.54) is 41.4 Å². The third-order valence-electron chi connectivity index (χ3n) is 7.28. The van der Waals surface area contributed by atoms with E-state index in [-0.39, 0.29) is 5.04 Å². The summed E-state index contributed by atoms with van der Waals surface area (Å²) in [5, 5.41) is 2.72. The lowest BCUT2D eigenvalue weighted by Gasteiger charge is -2.38. The van der Waals surface area contributed by atoms with E-state index in [4.69, 9.17) is 23.2 Å². The number of halogens is 2. The average molecular weight is 491 g/mol. The van der Waals surface area contributed by atoms with Crippen LogP contribution in [0, 0.1) is 0 Å². The Labute approximate surface area is 204 Å². The molecule has 5 heteroatoms. The van der Waals surface area contributed by atoms with E-state index in [9.17, 15) is 4.80 Å². The molecule has 1 heterocycles. The molecule has 0 aliphatic carbocycles. The van der Waals surface area contributed by atoms with Crippen molar-refractivity contribution in [2.24, 2.45) is 7.05 Å². The fourth-order valence-corrected chi connectivity index (χ4v) is 5.68. The average Bonchev–Trinajstić information content (AvgIpc) is 3.01. The molecule has 174 valence electrons. The molecule has 3 rings (SSSR count). The summed E-state index contributed by atoms with van der Waals surface area (Å²) in [5.74, 6) is 0.409. The normalized spacial score (nSPS) is 13.6. The molecule has 0 radical (unpaired) electrons. The minimum atomic E-state index is -2.29. The van der Waals surface area contributed by atoms with Crippen molar-refractivity contribution < 1.29 is 4.80 Å². The van der Waals surface area contributed by atoms with E-state index in [0.717, 1.165) is 29.3 Å². The highest BCUT2D eigenvalue weighted by Crippen LogP contribution is 2.46. The van der Waals surface area contributed by atoms with E-state index >= 15 is 0 Å². The zero-order valence-electron chi connectivity index (χ0n) is 20.1. The van der Waals surface area contributed by atoms with E-state index in [1.807, 2.05) is 18.2 Å². The highest BCUT2D eigenvalue weighted by atomic mass is 35.5. The summed E-state index contributed by atoms with van der Waals surface area (Å²) in [5.41, 5.74) is 3.88. The number of rotatable bonds is 10. The van der Waals surface area contributed by atoms with Crippen molar-refractivity contribution in [1.82, 2.24) is 4.57 Å². The summed E-state index contributed by atoms with van der Waals surface area (Å²) >= 11 is 12.4. The Hall–Kier alpha value is -1.26. The molecule has 32 heavy (non-hydrogen) atoms. The zero-order valence-corrected chi connectivity index (χ0v) is 22.6. The van der Waals surface area contributed by atoms with Gasteiger partial charge in [-0.3, -0.25) is 0 Å². The number of nitrogens with zero attached hydrogens (tertiary/aromatic N) is 1.